The summed E-state index contributed by atoms with van der Waals surface area (Å²) in [6.45, 7) is 9.92. The molecule has 0 rings (SSSR count). The molecule has 0 aliphatic heterocycles. The fourth-order valence-corrected chi connectivity index (χ4v) is 8.64. The maximum absolute atomic E-state index is 11.7. The number of carbonyl (C=O) groups excluding carboxylic acids is 2. The van der Waals surface area contributed by atoms with Crippen molar-refractivity contribution < 1.29 is 19.1 Å². The minimum absolute atomic E-state index is 0.149. The zero-order valence-corrected chi connectivity index (χ0v) is 30.9. The Morgan fingerprint density at radius 2 is 0.683 bits per heavy atom. The van der Waals surface area contributed by atoms with Gasteiger partial charge in [-0.2, -0.15) is 0 Å². The van der Waals surface area contributed by atoms with Gasteiger partial charge in [0.25, 0.3) is 0 Å². The van der Waals surface area contributed by atoms with Crippen LogP contribution in [0, 0.1) is 0 Å². The van der Waals surface area contributed by atoms with Crippen LogP contribution in [-0.2, 0) is 19.1 Å². The van der Waals surface area contributed by atoms with Crippen LogP contribution in [0.2, 0.25) is 8.87 Å². The molecule has 0 bridgehead atoms. The average Bonchev–Trinajstić information content (AvgIpc) is 2.98. The molecule has 0 unspecified atom stereocenters. The third kappa shape index (κ3) is 41.7. The average molecular weight is 686 g/mol. The standard InChI is InChI=1S/C28H52O4.2C4H9.Sn/c1-3-5-7-9-11-13-15-17-19-21-25-31-27(29)23-24-28(30)32-26-22-20-18-16-14-12-10-8-6-4-2;2*1-3-4-2;/h23-24H,3-22,25-26H2,1-2H3;2*1,3-4H2,2H3;. The van der Waals surface area contributed by atoms with E-state index in [2.05, 4.69) is 27.7 Å². The Labute approximate surface area is 267 Å². The van der Waals surface area contributed by atoms with Gasteiger partial charge in [-0.3, -0.25) is 0 Å². The van der Waals surface area contributed by atoms with Gasteiger partial charge in [0.2, 0.25) is 0 Å². The number of esters is 2. The van der Waals surface area contributed by atoms with Crippen LogP contribution in [0.25, 0.3) is 0 Å². The van der Waals surface area contributed by atoms with Crippen LogP contribution in [-0.4, -0.2) is 46.3 Å². The van der Waals surface area contributed by atoms with Crippen LogP contribution in [0.5, 0.6) is 0 Å². The van der Waals surface area contributed by atoms with E-state index in [1.165, 1.54) is 141 Å². The Hall–Kier alpha value is -0.521. The summed E-state index contributed by atoms with van der Waals surface area (Å²) in [5, 5.41) is 0. The number of carbonyl (C=O) groups is 2. The molecule has 41 heavy (non-hydrogen) atoms. The van der Waals surface area contributed by atoms with Crippen molar-refractivity contribution in [1.29, 1.82) is 0 Å². The Morgan fingerprint density at radius 1 is 0.415 bits per heavy atom. The molecular formula is C36H70O4Sn. The van der Waals surface area contributed by atoms with E-state index in [1.54, 1.807) is 8.87 Å². The van der Waals surface area contributed by atoms with Gasteiger partial charge < -0.3 is 9.47 Å². The molecule has 0 N–H and O–H groups in total. The minimum atomic E-state index is -0.461. The van der Waals surface area contributed by atoms with E-state index in [9.17, 15) is 9.59 Å². The summed E-state index contributed by atoms with van der Waals surface area (Å²) in [6, 6.07) is 0. The second kappa shape index (κ2) is 39.5. The summed E-state index contributed by atoms with van der Waals surface area (Å²) in [7, 11) is 0. The van der Waals surface area contributed by atoms with Crippen molar-refractivity contribution in [3.05, 3.63) is 12.2 Å². The SMILES string of the molecule is CCCCCCCCCCCCOC(=O)C=CC(=O)OCCCCCCCCCCCC.CCC[CH2][Sn][CH2]CCC. The summed E-state index contributed by atoms with van der Waals surface area (Å²) < 4.78 is 13.5. The van der Waals surface area contributed by atoms with Crippen LogP contribution in [0.3, 0.4) is 0 Å². The Kier molecular flexibility index (Phi) is 41.0. The maximum atomic E-state index is 11.7. The number of ether oxygens (including phenoxy) is 2. The van der Waals surface area contributed by atoms with E-state index >= 15 is 0 Å². The van der Waals surface area contributed by atoms with Crippen LogP contribution in [0.4, 0.5) is 0 Å². The van der Waals surface area contributed by atoms with Crippen molar-refractivity contribution in [3.63, 3.8) is 0 Å². The van der Waals surface area contributed by atoms with E-state index in [0.29, 0.717) is 13.2 Å². The van der Waals surface area contributed by atoms with Crippen molar-refractivity contribution in [2.75, 3.05) is 13.2 Å². The van der Waals surface area contributed by atoms with Gasteiger partial charge in [0.15, 0.2) is 0 Å². The first-order valence-electron chi connectivity index (χ1n) is 17.8. The molecule has 0 spiro atoms. The molecule has 2 radical (unpaired) electrons. The predicted octanol–water partition coefficient (Wildman–Crippen LogP) is 11.6. The van der Waals surface area contributed by atoms with Crippen molar-refractivity contribution in [2.24, 2.45) is 0 Å². The summed E-state index contributed by atoms with van der Waals surface area (Å²) >= 11 is 0.149. The van der Waals surface area contributed by atoms with Gasteiger partial charge in [-0.1, -0.05) is 129 Å². The zero-order valence-electron chi connectivity index (χ0n) is 28.1. The molecule has 0 aromatic heterocycles. The fraction of sp³-hybridized carbons (Fsp3) is 0.889. The molecule has 0 saturated carbocycles. The number of rotatable bonds is 30. The molecule has 0 aromatic rings. The van der Waals surface area contributed by atoms with E-state index in [1.807, 2.05) is 0 Å². The molecule has 5 heteroatoms. The molecule has 0 heterocycles. The number of hydrogen-bond donors (Lipinski definition) is 0. The third-order valence-corrected chi connectivity index (χ3v) is 11.3. The fourth-order valence-electron chi connectivity index (χ4n) is 4.49. The zero-order chi connectivity index (χ0) is 30.5. The summed E-state index contributed by atoms with van der Waals surface area (Å²) in [4.78, 5) is 23.3. The molecule has 0 atom stereocenters. The Balaban J connectivity index is 0. The summed E-state index contributed by atoms with van der Waals surface area (Å²) in [6.07, 6.45) is 33.2. The normalized spacial score (nSPS) is 10.9. The van der Waals surface area contributed by atoms with Crippen molar-refractivity contribution in [3.8, 4) is 0 Å². The second-order valence-electron chi connectivity index (χ2n) is 11.5. The van der Waals surface area contributed by atoms with Gasteiger partial charge in [0.05, 0.1) is 13.2 Å². The van der Waals surface area contributed by atoms with Crippen LogP contribution in [0.1, 0.15) is 182 Å². The number of unbranched alkanes of at least 4 members (excludes halogenated alkanes) is 20. The van der Waals surface area contributed by atoms with E-state index in [0.717, 1.165) is 25.7 Å². The third-order valence-electron chi connectivity index (χ3n) is 7.25. The van der Waals surface area contributed by atoms with Crippen LogP contribution in [0.15, 0.2) is 12.2 Å². The van der Waals surface area contributed by atoms with Gasteiger partial charge in [-0.25, -0.2) is 9.59 Å². The van der Waals surface area contributed by atoms with Gasteiger partial charge in [-0.05, 0) is 12.8 Å². The molecular weight excluding hydrogens is 615 g/mol. The number of hydrogen-bond acceptors (Lipinski definition) is 4. The van der Waals surface area contributed by atoms with E-state index in [4.69, 9.17) is 9.47 Å². The predicted molar refractivity (Wildman–Crippen MR) is 180 cm³/mol. The molecule has 242 valence electrons. The van der Waals surface area contributed by atoms with Gasteiger partial charge in [0.1, 0.15) is 0 Å². The van der Waals surface area contributed by atoms with Crippen molar-refractivity contribution in [1.82, 2.24) is 0 Å². The van der Waals surface area contributed by atoms with Gasteiger partial charge in [0, 0.05) is 12.2 Å². The molecule has 0 aliphatic carbocycles. The second-order valence-corrected chi connectivity index (χ2v) is 15.8. The molecule has 0 fully saturated rings. The van der Waals surface area contributed by atoms with E-state index in [-0.39, 0.29) is 21.1 Å². The summed E-state index contributed by atoms with van der Waals surface area (Å²) in [5.41, 5.74) is 0. The molecule has 0 aliphatic rings. The first-order chi connectivity index (χ1) is 20.1. The Morgan fingerprint density at radius 3 is 0.976 bits per heavy atom. The quantitative estimate of drug-likeness (QED) is 0.0327. The molecule has 0 saturated heterocycles. The first-order valence-corrected chi connectivity index (χ1v) is 21.9. The molecule has 0 aromatic carbocycles. The van der Waals surface area contributed by atoms with Gasteiger partial charge >= 0.3 is 81.5 Å². The monoisotopic (exact) mass is 686 g/mol. The molecule has 0 amide bonds. The van der Waals surface area contributed by atoms with E-state index < -0.39 is 11.9 Å². The first kappa shape index (κ1) is 42.6. The van der Waals surface area contributed by atoms with Crippen molar-refractivity contribution >= 4 is 33.1 Å². The topological polar surface area (TPSA) is 52.6 Å². The van der Waals surface area contributed by atoms with Gasteiger partial charge in [-0.15, -0.1) is 0 Å². The molecule has 4 nitrogen and oxygen atoms in total. The van der Waals surface area contributed by atoms with Crippen molar-refractivity contribution in [2.45, 2.75) is 191 Å². The summed E-state index contributed by atoms with van der Waals surface area (Å²) in [5.74, 6) is -0.923. The van der Waals surface area contributed by atoms with Crippen LogP contribution >= 0.6 is 0 Å². The van der Waals surface area contributed by atoms with Crippen LogP contribution < -0.4 is 0 Å². The Bertz CT molecular complexity index is 504.